The molecule has 2 N–H and O–H groups in total. The number of unbranched alkanes of at least 4 members (excludes halogenated alkanes) is 1. The van der Waals surface area contributed by atoms with Crippen LogP contribution in [0.2, 0.25) is 0 Å². The number of carboxylic acids is 1. The van der Waals surface area contributed by atoms with E-state index in [4.69, 9.17) is 5.11 Å². The van der Waals surface area contributed by atoms with Gasteiger partial charge in [0.2, 0.25) is 10.0 Å². The molecule has 5 nitrogen and oxygen atoms in total. The molecule has 0 amide bonds. The van der Waals surface area contributed by atoms with Crippen molar-refractivity contribution in [2.24, 2.45) is 17.8 Å². The lowest BCUT2D eigenvalue weighted by Crippen LogP contribution is -2.43. The second-order valence-corrected chi connectivity index (χ2v) is 10.5. The van der Waals surface area contributed by atoms with Crippen molar-refractivity contribution >= 4 is 38.0 Å². The van der Waals surface area contributed by atoms with Gasteiger partial charge in [-0.1, -0.05) is 40.2 Å². The van der Waals surface area contributed by atoms with Crippen LogP contribution in [-0.4, -0.2) is 25.5 Å². The van der Waals surface area contributed by atoms with E-state index in [-0.39, 0.29) is 12.5 Å². The molecule has 1 aromatic rings. The summed E-state index contributed by atoms with van der Waals surface area (Å²) in [5.74, 6) is 0.547. The number of halogens is 1. The molecular formula is C22H28BrNO4S. The molecule has 7 heteroatoms. The summed E-state index contributed by atoms with van der Waals surface area (Å²) in [6.45, 7) is 0. The summed E-state index contributed by atoms with van der Waals surface area (Å²) in [6, 6.07) is 7.48. The highest BCUT2D eigenvalue weighted by Gasteiger charge is 2.47. The Bertz CT molecular complexity index is 863. The topological polar surface area (TPSA) is 83.5 Å². The van der Waals surface area contributed by atoms with Gasteiger partial charge in [0, 0.05) is 22.3 Å². The molecule has 2 aliphatic rings. The molecule has 0 aliphatic heterocycles. The number of hydrogen-bond donors (Lipinski definition) is 2. The summed E-state index contributed by atoms with van der Waals surface area (Å²) < 4.78 is 29.2. The molecule has 2 saturated carbocycles. The number of benzene rings is 1. The molecule has 2 aliphatic carbocycles. The average molecular weight is 482 g/mol. The zero-order chi connectivity index (χ0) is 20.9. The van der Waals surface area contributed by atoms with Gasteiger partial charge in [-0.3, -0.25) is 4.79 Å². The first kappa shape index (κ1) is 22.2. The number of hydrogen-bond acceptors (Lipinski definition) is 3. The van der Waals surface area contributed by atoms with Gasteiger partial charge in [-0.25, -0.2) is 13.1 Å². The highest BCUT2D eigenvalue weighted by atomic mass is 79.9. The lowest BCUT2D eigenvalue weighted by Gasteiger charge is -2.30. The average Bonchev–Trinajstić information content (AvgIpc) is 3.26. The van der Waals surface area contributed by atoms with Gasteiger partial charge in [0.25, 0.3) is 0 Å². The zero-order valence-electron chi connectivity index (χ0n) is 16.3. The van der Waals surface area contributed by atoms with Crippen LogP contribution in [0.3, 0.4) is 0 Å². The molecule has 29 heavy (non-hydrogen) atoms. The second-order valence-electron chi connectivity index (χ2n) is 8.03. The van der Waals surface area contributed by atoms with Crippen molar-refractivity contribution in [2.75, 3.05) is 0 Å². The van der Waals surface area contributed by atoms with Crippen molar-refractivity contribution in [1.29, 1.82) is 0 Å². The molecule has 3 rings (SSSR count). The molecule has 0 spiro atoms. The number of rotatable bonds is 10. The van der Waals surface area contributed by atoms with Crippen molar-refractivity contribution in [1.82, 2.24) is 4.72 Å². The SMILES string of the molecule is O=C(O)CCCC=CCC1C2CCC(C2)C1NS(=O)(=O)C=Cc1ccc(Br)cc1. The first-order chi connectivity index (χ1) is 13.8. The number of aliphatic carboxylic acids is 1. The van der Waals surface area contributed by atoms with Crippen LogP contribution in [-0.2, 0) is 14.8 Å². The molecule has 0 heterocycles. The van der Waals surface area contributed by atoms with E-state index in [0.29, 0.717) is 24.2 Å². The van der Waals surface area contributed by atoms with E-state index in [1.165, 1.54) is 11.8 Å². The minimum absolute atomic E-state index is 0.0167. The molecule has 0 aromatic heterocycles. The van der Waals surface area contributed by atoms with Gasteiger partial charge in [0.15, 0.2) is 0 Å². The van der Waals surface area contributed by atoms with Crippen LogP contribution in [0.1, 0.15) is 50.5 Å². The van der Waals surface area contributed by atoms with Crippen LogP contribution in [0.25, 0.3) is 6.08 Å². The molecule has 2 fully saturated rings. The van der Waals surface area contributed by atoms with Crippen LogP contribution >= 0.6 is 15.9 Å². The summed E-state index contributed by atoms with van der Waals surface area (Å²) in [6.07, 6.45) is 11.5. The van der Waals surface area contributed by atoms with Gasteiger partial charge in [0.05, 0.1) is 0 Å². The van der Waals surface area contributed by atoms with Crippen LogP contribution in [0.15, 0.2) is 46.3 Å². The Hall–Kier alpha value is -1.44. The Labute approximate surface area is 181 Å². The van der Waals surface area contributed by atoms with Crippen LogP contribution in [0.5, 0.6) is 0 Å². The first-order valence-corrected chi connectivity index (χ1v) is 12.5. The molecule has 4 unspecified atom stereocenters. The fourth-order valence-electron chi connectivity index (χ4n) is 4.65. The van der Waals surface area contributed by atoms with E-state index < -0.39 is 16.0 Å². The number of sulfonamides is 1. The standard InChI is InChI=1S/C22H28BrNO4S/c23-19-11-7-16(8-12-19)13-14-29(27,28)24-22-18-10-9-17(15-18)20(22)5-3-1-2-4-6-21(25)26/h1,3,7-8,11-14,17-18,20,22,24H,2,4-6,9-10,15H2,(H,25,26). The maximum absolute atomic E-state index is 12.6. The lowest BCUT2D eigenvalue weighted by atomic mass is 9.83. The van der Waals surface area contributed by atoms with Crippen molar-refractivity contribution in [3.63, 3.8) is 0 Å². The van der Waals surface area contributed by atoms with Crippen LogP contribution in [0.4, 0.5) is 0 Å². The quantitative estimate of drug-likeness (QED) is 0.365. The third kappa shape index (κ3) is 6.52. The number of carbonyl (C=O) groups is 1. The van der Waals surface area contributed by atoms with Gasteiger partial charge < -0.3 is 5.11 Å². The summed E-state index contributed by atoms with van der Waals surface area (Å²) in [5, 5.41) is 9.95. The largest absolute Gasteiger partial charge is 0.481 e. The van der Waals surface area contributed by atoms with Gasteiger partial charge >= 0.3 is 5.97 Å². The predicted molar refractivity (Wildman–Crippen MR) is 119 cm³/mol. The summed E-state index contributed by atoms with van der Waals surface area (Å²) >= 11 is 3.37. The van der Waals surface area contributed by atoms with Gasteiger partial charge in [-0.05, 0) is 80.1 Å². The maximum atomic E-state index is 12.6. The van der Waals surface area contributed by atoms with E-state index in [9.17, 15) is 13.2 Å². The Morgan fingerprint density at radius 3 is 2.62 bits per heavy atom. The van der Waals surface area contributed by atoms with E-state index >= 15 is 0 Å². The van der Waals surface area contributed by atoms with E-state index in [2.05, 4.69) is 26.7 Å². The van der Waals surface area contributed by atoms with Crippen molar-refractivity contribution in [3.8, 4) is 0 Å². The summed E-state index contributed by atoms with van der Waals surface area (Å²) in [5.41, 5.74) is 0.840. The lowest BCUT2D eigenvalue weighted by molar-refractivity contribution is -0.137. The first-order valence-electron chi connectivity index (χ1n) is 10.2. The molecule has 2 bridgehead atoms. The van der Waals surface area contributed by atoms with Crippen LogP contribution < -0.4 is 4.72 Å². The van der Waals surface area contributed by atoms with Gasteiger partial charge in [0.1, 0.15) is 0 Å². The van der Waals surface area contributed by atoms with Crippen molar-refractivity contribution < 1.29 is 18.3 Å². The Morgan fingerprint density at radius 1 is 1.17 bits per heavy atom. The van der Waals surface area contributed by atoms with Gasteiger partial charge in [-0.15, -0.1) is 0 Å². The maximum Gasteiger partial charge on any atom is 0.303 e. The Balaban J connectivity index is 1.58. The molecule has 0 radical (unpaired) electrons. The highest BCUT2D eigenvalue weighted by Crippen LogP contribution is 2.50. The predicted octanol–water partition coefficient (Wildman–Crippen LogP) is 4.96. The van der Waals surface area contributed by atoms with E-state index in [1.807, 2.05) is 30.3 Å². The normalized spacial score (nSPS) is 26.7. The van der Waals surface area contributed by atoms with Crippen molar-refractivity contribution in [2.45, 2.75) is 51.0 Å². The molecule has 1 aromatic carbocycles. The highest BCUT2D eigenvalue weighted by molar-refractivity contribution is 9.10. The van der Waals surface area contributed by atoms with E-state index in [0.717, 1.165) is 35.7 Å². The second kappa shape index (κ2) is 10.0. The van der Waals surface area contributed by atoms with Crippen LogP contribution in [0, 0.1) is 17.8 Å². The molecule has 158 valence electrons. The third-order valence-electron chi connectivity index (χ3n) is 6.03. The summed E-state index contributed by atoms with van der Waals surface area (Å²) in [4.78, 5) is 10.6. The molecule has 4 atom stereocenters. The minimum Gasteiger partial charge on any atom is -0.481 e. The minimum atomic E-state index is -3.51. The monoisotopic (exact) mass is 481 g/mol. The van der Waals surface area contributed by atoms with Gasteiger partial charge in [-0.2, -0.15) is 0 Å². The Kier molecular flexibility index (Phi) is 7.71. The smallest absolute Gasteiger partial charge is 0.303 e. The van der Waals surface area contributed by atoms with E-state index in [1.54, 1.807) is 6.08 Å². The molecular weight excluding hydrogens is 454 g/mol. The number of fused-ring (bicyclic) bond motifs is 2. The molecule has 0 saturated heterocycles. The zero-order valence-corrected chi connectivity index (χ0v) is 18.7. The fourth-order valence-corrected chi connectivity index (χ4v) is 6.07. The third-order valence-corrected chi connectivity index (χ3v) is 7.66. The number of allylic oxidation sites excluding steroid dienone is 2. The number of nitrogens with one attached hydrogen (secondary N) is 1. The fraction of sp³-hybridized carbons (Fsp3) is 0.500. The Morgan fingerprint density at radius 2 is 1.90 bits per heavy atom. The summed E-state index contributed by atoms with van der Waals surface area (Å²) in [7, 11) is -3.51. The number of carboxylic acid groups (broad SMARTS) is 1. The van der Waals surface area contributed by atoms with Crippen molar-refractivity contribution in [3.05, 3.63) is 51.9 Å².